The second kappa shape index (κ2) is 5.58. The van der Waals surface area contributed by atoms with E-state index in [0.717, 1.165) is 30.9 Å². The van der Waals surface area contributed by atoms with Crippen LogP contribution in [0.1, 0.15) is 29.1 Å². The highest BCUT2D eigenvalue weighted by atomic mass is 32.1. The lowest BCUT2D eigenvalue weighted by molar-refractivity contribution is 0.0168. The summed E-state index contributed by atoms with van der Waals surface area (Å²) in [7, 11) is 0. The molecule has 1 fully saturated rings. The summed E-state index contributed by atoms with van der Waals surface area (Å²) >= 11 is 1.70. The van der Waals surface area contributed by atoms with Gasteiger partial charge in [0.1, 0.15) is 0 Å². The molecule has 2 heterocycles. The molecule has 1 aromatic rings. The topological polar surface area (TPSA) is 42.4 Å². The van der Waals surface area contributed by atoms with E-state index in [9.17, 15) is 0 Å². The fourth-order valence-corrected chi connectivity index (χ4v) is 2.81. The monoisotopic (exact) mass is 227 g/mol. The van der Waals surface area contributed by atoms with Gasteiger partial charge in [0.15, 0.2) is 0 Å². The molecule has 1 saturated heterocycles. The van der Waals surface area contributed by atoms with Gasteiger partial charge < -0.3 is 9.84 Å². The lowest BCUT2D eigenvalue weighted by Gasteiger charge is -2.21. The molecule has 15 heavy (non-hydrogen) atoms. The predicted molar refractivity (Wildman–Crippen MR) is 60.2 cm³/mol. The Hall–Kier alpha value is -0.450. The van der Waals surface area contributed by atoms with E-state index in [1.807, 2.05) is 6.20 Å². The van der Waals surface area contributed by atoms with Crippen molar-refractivity contribution in [1.82, 2.24) is 4.98 Å². The van der Waals surface area contributed by atoms with Gasteiger partial charge >= 0.3 is 0 Å². The van der Waals surface area contributed by atoms with Gasteiger partial charge in [-0.2, -0.15) is 0 Å². The Morgan fingerprint density at radius 3 is 3.20 bits per heavy atom. The van der Waals surface area contributed by atoms with Gasteiger partial charge in [-0.3, -0.25) is 0 Å². The number of thiazole rings is 1. The van der Waals surface area contributed by atoms with Gasteiger partial charge in [0.2, 0.25) is 0 Å². The zero-order valence-corrected chi connectivity index (χ0v) is 9.63. The van der Waals surface area contributed by atoms with E-state index >= 15 is 0 Å². The van der Waals surface area contributed by atoms with Crippen LogP contribution in [-0.2, 0) is 17.6 Å². The molecular formula is C11H17NO2S. The minimum Gasteiger partial charge on any atom is -0.396 e. The summed E-state index contributed by atoms with van der Waals surface area (Å²) in [4.78, 5) is 5.53. The molecule has 0 bridgehead atoms. The van der Waals surface area contributed by atoms with Crippen molar-refractivity contribution in [3.05, 3.63) is 16.1 Å². The summed E-state index contributed by atoms with van der Waals surface area (Å²) in [6, 6.07) is 0. The Morgan fingerprint density at radius 2 is 2.47 bits per heavy atom. The summed E-state index contributed by atoms with van der Waals surface area (Å²) in [6.07, 6.45) is 7.54. The van der Waals surface area contributed by atoms with Crippen molar-refractivity contribution in [3.8, 4) is 0 Å². The summed E-state index contributed by atoms with van der Waals surface area (Å²) in [5.41, 5.74) is 0. The fourth-order valence-electron chi connectivity index (χ4n) is 1.83. The molecule has 4 heteroatoms. The Kier molecular flexibility index (Phi) is 4.11. The minimum atomic E-state index is 0.210. The van der Waals surface area contributed by atoms with Crippen LogP contribution >= 0.6 is 11.3 Å². The third-order valence-electron chi connectivity index (χ3n) is 2.64. The maximum Gasteiger partial charge on any atom is 0.0953 e. The van der Waals surface area contributed by atoms with Crippen LogP contribution in [0.25, 0.3) is 0 Å². The third-order valence-corrected chi connectivity index (χ3v) is 3.72. The zero-order valence-electron chi connectivity index (χ0n) is 8.82. The first kappa shape index (κ1) is 11.0. The zero-order chi connectivity index (χ0) is 10.5. The number of rotatable bonds is 4. The Morgan fingerprint density at radius 1 is 1.53 bits per heavy atom. The highest BCUT2D eigenvalue weighted by Gasteiger charge is 2.15. The van der Waals surface area contributed by atoms with E-state index in [4.69, 9.17) is 9.84 Å². The molecule has 1 aliphatic heterocycles. The molecule has 0 spiro atoms. The fraction of sp³-hybridized carbons (Fsp3) is 0.727. The van der Waals surface area contributed by atoms with Crippen molar-refractivity contribution in [2.24, 2.45) is 0 Å². The number of ether oxygens (including phenoxy) is 1. The molecule has 0 saturated carbocycles. The van der Waals surface area contributed by atoms with Crippen LogP contribution in [0.5, 0.6) is 0 Å². The molecule has 2 rings (SSSR count). The minimum absolute atomic E-state index is 0.210. The standard InChI is InChI=1S/C11H17NO2S/c13-5-4-10-8-12-11(15-10)7-9-3-1-2-6-14-9/h8-9,13H,1-7H2. The molecule has 0 aliphatic carbocycles. The number of aliphatic hydroxyl groups excluding tert-OH is 1. The normalized spacial score (nSPS) is 21.8. The van der Waals surface area contributed by atoms with Gasteiger partial charge in [-0.1, -0.05) is 0 Å². The molecule has 1 unspecified atom stereocenters. The largest absolute Gasteiger partial charge is 0.396 e. The van der Waals surface area contributed by atoms with Gasteiger partial charge in [0, 0.05) is 37.1 Å². The quantitative estimate of drug-likeness (QED) is 0.852. The molecule has 1 aliphatic rings. The molecule has 84 valence electrons. The van der Waals surface area contributed by atoms with Crippen LogP contribution in [0.2, 0.25) is 0 Å². The molecule has 0 radical (unpaired) electrons. The van der Waals surface area contributed by atoms with Gasteiger partial charge in [0.05, 0.1) is 11.1 Å². The first-order valence-corrected chi connectivity index (χ1v) is 6.36. The van der Waals surface area contributed by atoms with E-state index < -0.39 is 0 Å². The van der Waals surface area contributed by atoms with Crippen LogP contribution < -0.4 is 0 Å². The first-order valence-electron chi connectivity index (χ1n) is 5.54. The van der Waals surface area contributed by atoms with E-state index in [-0.39, 0.29) is 6.61 Å². The van der Waals surface area contributed by atoms with Crippen molar-refractivity contribution in [1.29, 1.82) is 0 Å². The first-order chi connectivity index (χ1) is 7.38. The van der Waals surface area contributed by atoms with Gasteiger partial charge in [0.25, 0.3) is 0 Å². The van der Waals surface area contributed by atoms with Gasteiger partial charge in [-0.15, -0.1) is 11.3 Å². The highest BCUT2D eigenvalue weighted by molar-refractivity contribution is 7.11. The number of nitrogens with zero attached hydrogens (tertiary/aromatic N) is 1. The van der Waals surface area contributed by atoms with E-state index in [1.165, 1.54) is 17.7 Å². The summed E-state index contributed by atoms with van der Waals surface area (Å²) < 4.78 is 5.67. The third kappa shape index (κ3) is 3.26. The van der Waals surface area contributed by atoms with Gasteiger partial charge in [-0.25, -0.2) is 4.98 Å². The van der Waals surface area contributed by atoms with Gasteiger partial charge in [-0.05, 0) is 19.3 Å². The van der Waals surface area contributed by atoms with Crippen LogP contribution in [0.15, 0.2) is 6.20 Å². The van der Waals surface area contributed by atoms with Crippen LogP contribution in [0.3, 0.4) is 0 Å². The second-order valence-corrected chi connectivity index (χ2v) is 5.09. The molecule has 1 N–H and O–H groups in total. The number of hydrogen-bond acceptors (Lipinski definition) is 4. The predicted octanol–water partition coefficient (Wildman–Crippen LogP) is 1.79. The SMILES string of the molecule is OCCc1cnc(CC2CCCCO2)s1. The molecule has 1 aromatic heterocycles. The van der Waals surface area contributed by atoms with Crippen LogP contribution in [0, 0.1) is 0 Å². The summed E-state index contributed by atoms with van der Waals surface area (Å²) in [5, 5.41) is 9.95. The van der Waals surface area contributed by atoms with Crippen molar-refractivity contribution >= 4 is 11.3 Å². The van der Waals surface area contributed by atoms with E-state index in [0.29, 0.717) is 6.10 Å². The summed E-state index contributed by atoms with van der Waals surface area (Å²) in [5.74, 6) is 0. The number of hydrogen-bond donors (Lipinski definition) is 1. The molecule has 1 atom stereocenters. The van der Waals surface area contributed by atoms with Crippen molar-refractivity contribution in [2.75, 3.05) is 13.2 Å². The van der Waals surface area contributed by atoms with Crippen molar-refractivity contribution in [3.63, 3.8) is 0 Å². The lowest BCUT2D eigenvalue weighted by atomic mass is 10.1. The average molecular weight is 227 g/mol. The number of aliphatic hydroxyl groups is 1. The van der Waals surface area contributed by atoms with E-state index in [2.05, 4.69) is 4.98 Å². The molecular weight excluding hydrogens is 210 g/mol. The smallest absolute Gasteiger partial charge is 0.0953 e. The summed E-state index contributed by atoms with van der Waals surface area (Å²) in [6.45, 7) is 1.11. The van der Waals surface area contributed by atoms with Crippen molar-refractivity contribution < 1.29 is 9.84 Å². The van der Waals surface area contributed by atoms with Crippen LogP contribution in [-0.4, -0.2) is 29.4 Å². The molecule has 3 nitrogen and oxygen atoms in total. The second-order valence-electron chi connectivity index (χ2n) is 3.89. The number of aromatic nitrogens is 1. The molecule has 0 aromatic carbocycles. The molecule has 0 amide bonds. The van der Waals surface area contributed by atoms with Crippen molar-refractivity contribution in [2.45, 2.75) is 38.2 Å². The Labute approximate surface area is 94.1 Å². The maximum atomic E-state index is 8.80. The Balaban J connectivity index is 1.86. The lowest BCUT2D eigenvalue weighted by Crippen LogP contribution is -2.21. The van der Waals surface area contributed by atoms with E-state index in [1.54, 1.807) is 11.3 Å². The maximum absolute atomic E-state index is 8.80. The highest BCUT2D eigenvalue weighted by Crippen LogP contribution is 2.20. The average Bonchev–Trinajstić information content (AvgIpc) is 2.68. The Bertz CT molecular complexity index is 295. The van der Waals surface area contributed by atoms with Crippen LogP contribution in [0.4, 0.5) is 0 Å².